The lowest BCUT2D eigenvalue weighted by molar-refractivity contribution is 0.0691. The molecule has 1 amide bonds. The van der Waals surface area contributed by atoms with Crippen molar-refractivity contribution in [2.45, 2.75) is 32.5 Å². The number of hydroxylamine groups is 1. The number of carbonyl (C=O) groups is 1. The summed E-state index contributed by atoms with van der Waals surface area (Å²) in [5, 5.41) is 8.58. The highest BCUT2D eigenvalue weighted by atomic mass is 16.5. The normalized spacial score (nSPS) is 24.4. The number of hydrogen-bond donors (Lipinski definition) is 2. The van der Waals surface area contributed by atoms with Crippen LogP contribution in [0.3, 0.4) is 0 Å². The van der Waals surface area contributed by atoms with Gasteiger partial charge in [0.25, 0.3) is 0 Å². The fraction of sp³-hybridized carbons (Fsp3) is 0.500. The standard InChI is InChI=1S/C14H21BN3O2/c1-11-8-17(15-14(19)16-20)9-12(2)18(11)10-13-6-4-3-5-7-13/h3-7,11-12,20H,8-10H2,1-2H3,(H,16,19)/t11-,12?/m0/s1. The summed E-state index contributed by atoms with van der Waals surface area (Å²) in [5.41, 5.74) is 2.95. The van der Waals surface area contributed by atoms with E-state index in [1.54, 1.807) is 5.48 Å². The van der Waals surface area contributed by atoms with E-state index < -0.39 is 5.81 Å². The van der Waals surface area contributed by atoms with Gasteiger partial charge in [-0.15, -0.1) is 0 Å². The largest absolute Gasteiger partial charge is 0.335 e. The van der Waals surface area contributed by atoms with Crippen LogP contribution in [0.1, 0.15) is 19.4 Å². The molecule has 1 saturated heterocycles. The Morgan fingerprint density at radius 2 is 1.90 bits per heavy atom. The van der Waals surface area contributed by atoms with Crippen LogP contribution < -0.4 is 5.48 Å². The van der Waals surface area contributed by atoms with Crippen LogP contribution in [0.2, 0.25) is 0 Å². The highest BCUT2D eigenvalue weighted by Gasteiger charge is 2.30. The molecule has 1 unspecified atom stereocenters. The Hall–Kier alpha value is -1.37. The molecule has 1 aromatic carbocycles. The number of amides is 1. The lowest BCUT2D eigenvalue weighted by Crippen LogP contribution is -2.58. The van der Waals surface area contributed by atoms with Gasteiger partial charge in [0.2, 0.25) is 5.81 Å². The summed E-state index contributed by atoms with van der Waals surface area (Å²) < 4.78 is 0. The first-order valence-corrected chi connectivity index (χ1v) is 6.93. The second kappa shape index (κ2) is 6.88. The van der Waals surface area contributed by atoms with Crippen molar-refractivity contribution in [3.63, 3.8) is 0 Å². The van der Waals surface area contributed by atoms with Crippen LogP contribution in [0, 0.1) is 0 Å². The van der Waals surface area contributed by atoms with Crippen molar-refractivity contribution in [3.8, 4) is 0 Å². The summed E-state index contributed by atoms with van der Waals surface area (Å²) in [6.45, 7) is 6.81. The van der Waals surface area contributed by atoms with Crippen LogP contribution in [-0.4, -0.2) is 53.3 Å². The van der Waals surface area contributed by atoms with E-state index in [1.807, 2.05) is 10.9 Å². The maximum atomic E-state index is 11.2. The first-order valence-electron chi connectivity index (χ1n) is 6.93. The molecular weight excluding hydrogens is 253 g/mol. The Labute approximate surface area is 120 Å². The zero-order chi connectivity index (χ0) is 14.5. The Kier molecular flexibility index (Phi) is 5.17. The Morgan fingerprint density at radius 1 is 1.30 bits per heavy atom. The molecule has 1 radical (unpaired) electrons. The number of rotatable bonds is 4. The molecule has 0 saturated carbocycles. The molecular formula is C14H21BN3O2. The highest BCUT2D eigenvalue weighted by Crippen LogP contribution is 2.18. The molecule has 6 heteroatoms. The number of carbonyl (C=O) groups excluding carboxylic acids is 1. The fourth-order valence-corrected chi connectivity index (χ4v) is 2.80. The molecule has 1 fully saturated rings. The van der Waals surface area contributed by atoms with Gasteiger partial charge in [-0.05, 0) is 19.4 Å². The van der Waals surface area contributed by atoms with Gasteiger partial charge in [0.15, 0.2) is 0 Å². The van der Waals surface area contributed by atoms with E-state index in [1.165, 1.54) is 13.0 Å². The first kappa shape index (κ1) is 15.0. The molecule has 2 rings (SSSR count). The Bertz CT molecular complexity index is 431. The SMILES string of the molecule is CC1CN([B]C(=O)NO)C[C@H](C)N1Cc1ccccc1. The van der Waals surface area contributed by atoms with Gasteiger partial charge in [-0.25, -0.2) is 5.48 Å². The minimum absolute atomic E-state index is 0.349. The van der Waals surface area contributed by atoms with Crippen molar-refractivity contribution in [1.29, 1.82) is 0 Å². The van der Waals surface area contributed by atoms with E-state index >= 15 is 0 Å². The maximum Gasteiger partial charge on any atom is 0.331 e. The average Bonchev–Trinajstić information content (AvgIpc) is 2.44. The van der Waals surface area contributed by atoms with Crippen molar-refractivity contribution in [3.05, 3.63) is 35.9 Å². The van der Waals surface area contributed by atoms with Crippen LogP contribution in [0.25, 0.3) is 0 Å². The van der Waals surface area contributed by atoms with Gasteiger partial charge in [0.1, 0.15) is 0 Å². The molecule has 2 N–H and O–H groups in total. The van der Waals surface area contributed by atoms with Gasteiger partial charge < -0.3 is 4.81 Å². The molecule has 1 heterocycles. The lowest BCUT2D eigenvalue weighted by atomic mass is 9.87. The van der Waals surface area contributed by atoms with E-state index in [9.17, 15) is 4.79 Å². The summed E-state index contributed by atoms with van der Waals surface area (Å²) >= 11 is 0. The van der Waals surface area contributed by atoms with Crippen LogP contribution in [-0.2, 0) is 6.54 Å². The predicted octanol–water partition coefficient (Wildman–Crippen LogP) is 1.30. The van der Waals surface area contributed by atoms with Gasteiger partial charge in [-0.3, -0.25) is 14.9 Å². The van der Waals surface area contributed by atoms with Gasteiger partial charge >= 0.3 is 7.41 Å². The molecule has 20 heavy (non-hydrogen) atoms. The van der Waals surface area contributed by atoms with E-state index in [4.69, 9.17) is 5.21 Å². The minimum atomic E-state index is -0.471. The third kappa shape index (κ3) is 3.82. The predicted molar refractivity (Wildman–Crippen MR) is 78.6 cm³/mol. The van der Waals surface area contributed by atoms with E-state index in [2.05, 4.69) is 43.0 Å². The van der Waals surface area contributed by atoms with Crippen molar-refractivity contribution < 1.29 is 10.0 Å². The van der Waals surface area contributed by atoms with E-state index in [0.717, 1.165) is 19.6 Å². The number of nitrogens with zero attached hydrogens (tertiary/aromatic N) is 2. The molecule has 0 bridgehead atoms. The number of hydrogen-bond acceptors (Lipinski definition) is 4. The summed E-state index contributed by atoms with van der Waals surface area (Å²) in [6.07, 6.45) is 0. The second-order valence-corrected chi connectivity index (χ2v) is 5.42. The van der Waals surface area contributed by atoms with Crippen molar-refractivity contribution >= 4 is 13.2 Å². The van der Waals surface area contributed by atoms with Crippen LogP contribution in [0.15, 0.2) is 30.3 Å². The Morgan fingerprint density at radius 3 is 2.45 bits per heavy atom. The van der Waals surface area contributed by atoms with Gasteiger partial charge in [-0.1, -0.05) is 30.3 Å². The first-order chi connectivity index (χ1) is 9.60. The number of benzene rings is 1. The van der Waals surface area contributed by atoms with Gasteiger partial charge in [0.05, 0.1) is 0 Å². The van der Waals surface area contributed by atoms with Gasteiger partial charge in [0, 0.05) is 31.7 Å². The Balaban J connectivity index is 1.95. The van der Waals surface area contributed by atoms with Crippen molar-refractivity contribution in [1.82, 2.24) is 15.2 Å². The summed E-state index contributed by atoms with van der Waals surface area (Å²) in [5.74, 6) is -0.471. The van der Waals surface area contributed by atoms with E-state index in [0.29, 0.717) is 12.1 Å². The molecule has 107 valence electrons. The molecule has 5 nitrogen and oxygen atoms in total. The molecule has 1 aromatic rings. The number of nitrogens with one attached hydrogen (secondary N) is 1. The van der Waals surface area contributed by atoms with Crippen LogP contribution in [0.5, 0.6) is 0 Å². The third-order valence-electron chi connectivity index (χ3n) is 3.75. The monoisotopic (exact) mass is 274 g/mol. The fourth-order valence-electron chi connectivity index (χ4n) is 2.80. The van der Waals surface area contributed by atoms with E-state index in [-0.39, 0.29) is 0 Å². The quantitative estimate of drug-likeness (QED) is 0.493. The van der Waals surface area contributed by atoms with Crippen LogP contribution >= 0.6 is 0 Å². The molecule has 1 aliphatic rings. The zero-order valence-corrected chi connectivity index (χ0v) is 12.0. The second-order valence-electron chi connectivity index (χ2n) is 5.42. The summed E-state index contributed by atoms with van der Waals surface area (Å²) in [4.78, 5) is 15.6. The van der Waals surface area contributed by atoms with Gasteiger partial charge in [-0.2, -0.15) is 0 Å². The highest BCUT2D eigenvalue weighted by molar-refractivity contribution is 6.71. The molecule has 0 aromatic heterocycles. The zero-order valence-electron chi connectivity index (χ0n) is 12.0. The van der Waals surface area contributed by atoms with Crippen molar-refractivity contribution in [2.24, 2.45) is 0 Å². The topological polar surface area (TPSA) is 55.8 Å². The molecule has 2 atom stereocenters. The number of piperazine rings is 1. The minimum Gasteiger partial charge on any atom is -0.335 e. The molecule has 0 spiro atoms. The average molecular weight is 274 g/mol. The van der Waals surface area contributed by atoms with Crippen molar-refractivity contribution in [2.75, 3.05) is 13.1 Å². The molecule has 0 aliphatic carbocycles. The molecule has 1 aliphatic heterocycles. The third-order valence-corrected chi connectivity index (χ3v) is 3.75. The summed E-state index contributed by atoms with van der Waals surface area (Å²) in [7, 11) is 1.44. The maximum absolute atomic E-state index is 11.2. The summed E-state index contributed by atoms with van der Waals surface area (Å²) in [6, 6.07) is 11.1. The smallest absolute Gasteiger partial charge is 0.331 e. The van der Waals surface area contributed by atoms with Crippen LogP contribution in [0.4, 0.5) is 4.79 Å². The lowest BCUT2D eigenvalue weighted by Gasteiger charge is -2.44.